The minimum Gasteiger partial charge on any atom is -0.497 e. The molecule has 0 unspecified atom stereocenters. The molecule has 0 aliphatic carbocycles. The predicted molar refractivity (Wildman–Crippen MR) is 152 cm³/mol. The summed E-state index contributed by atoms with van der Waals surface area (Å²) >= 11 is 6.45. The van der Waals surface area contributed by atoms with E-state index in [1.165, 1.54) is 0 Å². The van der Waals surface area contributed by atoms with E-state index in [-0.39, 0.29) is 12.1 Å². The number of nitrogens with zero attached hydrogens (tertiary/aromatic N) is 4. The van der Waals surface area contributed by atoms with Crippen LogP contribution in [0, 0.1) is 6.92 Å². The SMILES string of the molecule is COc1cccc(CNC(=O)N2Cc3c(C)nn(-c4ccccc4)c3-n3cccc3[C@H]2c2cccc(Cl)c2)c1. The van der Waals surface area contributed by atoms with Gasteiger partial charge >= 0.3 is 6.03 Å². The third kappa shape index (κ3) is 4.66. The van der Waals surface area contributed by atoms with E-state index in [4.69, 9.17) is 21.4 Å². The highest BCUT2D eigenvalue weighted by molar-refractivity contribution is 6.30. The Hall–Kier alpha value is -4.49. The van der Waals surface area contributed by atoms with Crippen molar-refractivity contribution in [3.8, 4) is 17.3 Å². The summed E-state index contributed by atoms with van der Waals surface area (Å²) in [5, 5.41) is 8.66. The molecule has 5 aromatic rings. The average molecular weight is 538 g/mol. The van der Waals surface area contributed by atoms with Gasteiger partial charge in [0.25, 0.3) is 0 Å². The number of hydrogen-bond donors (Lipinski definition) is 1. The minimum atomic E-state index is -0.375. The Kier molecular flexibility index (Phi) is 6.59. The first-order valence-electron chi connectivity index (χ1n) is 12.8. The standard InChI is InChI=1S/C31H28ClN5O2/c1-21-27-20-36(31(38)33-19-22-9-6-14-26(17-22)39-2)29(23-10-7-11-24(32)18-23)28-15-8-16-35(28)30(27)37(34-21)25-12-4-3-5-13-25/h3-18,29H,19-20H2,1-2H3,(H,33,38)/t29-/m1/s1. The number of para-hydroxylation sites is 1. The maximum atomic E-state index is 14.0. The topological polar surface area (TPSA) is 64.3 Å². The largest absolute Gasteiger partial charge is 0.497 e. The van der Waals surface area contributed by atoms with Crippen LogP contribution in [-0.4, -0.2) is 32.4 Å². The Labute approximate surface area is 232 Å². The Balaban J connectivity index is 1.46. The van der Waals surface area contributed by atoms with Crippen molar-refractivity contribution in [3.63, 3.8) is 0 Å². The Morgan fingerprint density at radius 3 is 2.64 bits per heavy atom. The summed E-state index contributed by atoms with van der Waals surface area (Å²) in [4.78, 5) is 15.9. The van der Waals surface area contributed by atoms with Gasteiger partial charge in [-0.3, -0.25) is 0 Å². The molecule has 2 aromatic heterocycles. The van der Waals surface area contributed by atoms with Gasteiger partial charge in [-0.1, -0.05) is 54.1 Å². The fourth-order valence-corrected chi connectivity index (χ4v) is 5.44. The summed E-state index contributed by atoms with van der Waals surface area (Å²) in [6.07, 6.45) is 2.03. The normalized spacial score (nSPS) is 14.3. The number of fused-ring (bicyclic) bond motifs is 3. The van der Waals surface area contributed by atoms with E-state index in [0.717, 1.165) is 45.3 Å². The number of hydrogen-bond acceptors (Lipinski definition) is 3. The monoisotopic (exact) mass is 537 g/mol. The zero-order valence-electron chi connectivity index (χ0n) is 21.7. The summed E-state index contributed by atoms with van der Waals surface area (Å²) in [7, 11) is 1.63. The van der Waals surface area contributed by atoms with Crippen LogP contribution in [0.3, 0.4) is 0 Å². The summed E-state index contributed by atoms with van der Waals surface area (Å²) in [6, 6.07) is 29.0. The molecule has 39 heavy (non-hydrogen) atoms. The number of aromatic nitrogens is 3. The van der Waals surface area contributed by atoms with E-state index in [1.807, 2.05) is 108 Å². The third-order valence-electron chi connectivity index (χ3n) is 7.09. The molecule has 1 N–H and O–H groups in total. The second-order valence-electron chi connectivity index (χ2n) is 9.53. The van der Waals surface area contributed by atoms with Gasteiger partial charge in [0.15, 0.2) is 0 Å². The van der Waals surface area contributed by atoms with Gasteiger partial charge in [-0.15, -0.1) is 0 Å². The molecule has 1 aliphatic rings. The number of urea groups is 1. The minimum absolute atomic E-state index is 0.185. The second kappa shape index (κ2) is 10.3. The third-order valence-corrected chi connectivity index (χ3v) is 7.33. The number of methoxy groups -OCH3 is 1. The Morgan fingerprint density at radius 1 is 1.03 bits per heavy atom. The first kappa shape index (κ1) is 24.8. The fraction of sp³-hybridized carbons (Fsp3) is 0.161. The number of halogens is 1. The maximum Gasteiger partial charge on any atom is 0.318 e. The number of nitrogens with one attached hydrogen (secondary N) is 1. The molecule has 0 fully saturated rings. The van der Waals surface area contributed by atoms with Crippen LogP contribution < -0.4 is 10.1 Å². The van der Waals surface area contributed by atoms with Crippen molar-refractivity contribution < 1.29 is 9.53 Å². The van der Waals surface area contributed by atoms with E-state index in [0.29, 0.717) is 18.1 Å². The molecule has 7 nitrogen and oxygen atoms in total. The number of carbonyl (C=O) groups excluding carboxylic acids is 1. The van der Waals surface area contributed by atoms with Crippen LogP contribution in [0.2, 0.25) is 5.02 Å². The van der Waals surface area contributed by atoms with Crippen molar-refractivity contribution in [2.45, 2.75) is 26.1 Å². The van der Waals surface area contributed by atoms with Crippen molar-refractivity contribution in [1.82, 2.24) is 24.6 Å². The van der Waals surface area contributed by atoms with Crippen LogP contribution in [0.5, 0.6) is 5.75 Å². The lowest BCUT2D eigenvalue weighted by Crippen LogP contribution is -2.41. The van der Waals surface area contributed by atoms with Gasteiger partial charge in [-0.05, 0) is 66.6 Å². The number of rotatable bonds is 5. The quantitative estimate of drug-likeness (QED) is 0.280. The molecular formula is C31H28ClN5O2. The van der Waals surface area contributed by atoms with Gasteiger partial charge in [0.1, 0.15) is 11.6 Å². The lowest BCUT2D eigenvalue weighted by molar-refractivity contribution is 0.180. The maximum absolute atomic E-state index is 14.0. The molecule has 6 rings (SSSR count). The lowest BCUT2D eigenvalue weighted by Gasteiger charge is -2.31. The molecule has 2 amide bonds. The van der Waals surface area contributed by atoms with Crippen molar-refractivity contribution >= 4 is 17.6 Å². The Bertz CT molecular complexity index is 1640. The zero-order valence-corrected chi connectivity index (χ0v) is 22.5. The van der Waals surface area contributed by atoms with Crippen molar-refractivity contribution in [3.05, 3.63) is 130 Å². The molecule has 0 saturated carbocycles. The molecule has 0 saturated heterocycles. The summed E-state index contributed by atoms with van der Waals surface area (Å²) in [5.74, 6) is 1.67. The van der Waals surface area contributed by atoms with Crippen LogP contribution in [0.15, 0.2) is 97.2 Å². The van der Waals surface area contributed by atoms with Crippen LogP contribution in [0.25, 0.3) is 11.5 Å². The van der Waals surface area contributed by atoms with Gasteiger partial charge in [-0.25, -0.2) is 9.48 Å². The lowest BCUT2D eigenvalue weighted by atomic mass is 10.0. The predicted octanol–water partition coefficient (Wildman–Crippen LogP) is 6.45. The Morgan fingerprint density at radius 2 is 1.85 bits per heavy atom. The van der Waals surface area contributed by atoms with E-state index < -0.39 is 0 Å². The first-order chi connectivity index (χ1) is 19.0. The van der Waals surface area contributed by atoms with Crippen LogP contribution >= 0.6 is 11.6 Å². The molecule has 1 aliphatic heterocycles. The van der Waals surface area contributed by atoms with E-state index in [9.17, 15) is 4.79 Å². The molecule has 3 aromatic carbocycles. The second-order valence-corrected chi connectivity index (χ2v) is 9.97. The van der Waals surface area contributed by atoms with Crippen molar-refractivity contribution in [2.24, 2.45) is 0 Å². The van der Waals surface area contributed by atoms with E-state index in [2.05, 4.69) is 16.0 Å². The first-order valence-corrected chi connectivity index (χ1v) is 13.2. The van der Waals surface area contributed by atoms with Crippen molar-refractivity contribution in [2.75, 3.05) is 7.11 Å². The fourth-order valence-electron chi connectivity index (χ4n) is 5.24. The zero-order chi connectivity index (χ0) is 26.9. The van der Waals surface area contributed by atoms with Gasteiger partial charge in [0, 0.05) is 23.3 Å². The molecule has 8 heteroatoms. The van der Waals surface area contributed by atoms with Gasteiger partial charge in [0.05, 0.1) is 36.8 Å². The van der Waals surface area contributed by atoms with Crippen molar-refractivity contribution in [1.29, 1.82) is 0 Å². The van der Waals surface area contributed by atoms with Gasteiger partial charge < -0.3 is 19.5 Å². The van der Waals surface area contributed by atoms with E-state index >= 15 is 0 Å². The van der Waals surface area contributed by atoms with Crippen LogP contribution in [0.4, 0.5) is 4.79 Å². The number of ether oxygens (including phenoxy) is 1. The molecule has 3 heterocycles. The van der Waals surface area contributed by atoms with Gasteiger partial charge in [0.2, 0.25) is 0 Å². The highest BCUT2D eigenvalue weighted by atomic mass is 35.5. The average Bonchev–Trinajstić information content (AvgIpc) is 3.52. The summed E-state index contributed by atoms with van der Waals surface area (Å²) in [6.45, 7) is 2.73. The number of carbonyl (C=O) groups is 1. The molecule has 196 valence electrons. The number of benzene rings is 3. The van der Waals surface area contributed by atoms with Crippen LogP contribution in [-0.2, 0) is 13.1 Å². The highest BCUT2D eigenvalue weighted by Crippen LogP contribution is 2.39. The van der Waals surface area contributed by atoms with Crippen LogP contribution in [0.1, 0.15) is 34.1 Å². The van der Waals surface area contributed by atoms with Gasteiger partial charge in [-0.2, -0.15) is 5.10 Å². The molecule has 1 atom stereocenters. The number of amides is 2. The smallest absolute Gasteiger partial charge is 0.318 e. The molecule has 0 spiro atoms. The number of aryl methyl sites for hydroxylation is 1. The molecule has 0 bridgehead atoms. The highest BCUT2D eigenvalue weighted by Gasteiger charge is 2.36. The van der Waals surface area contributed by atoms with E-state index in [1.54, 1.807) is 7.11 Å². The summed E-state index contributed by atoms with van der Waals surface area (Å²) in [5.41, 5.74) is 5.64. The molecule has 0 radical (unpaired) electrons. The molecular weight excluding hydrogens is 510 g/mol. The summed E-state index contributed by atoms with van der Waals surface area (Å²) < 4.78 is 9.46.